The van der Waals surface area contributed by atoms with E-state index >= 15 is 0 Å². The highest BCUT2D eigenvalue weighted by Crippen LogP contribution is 2.18. The molecule has 4 nitrogen and oxygen atoms in total. The van der Waals surface area contributed by atoms with E-state index in [0.717, 1.165) is 28.3 Å². The van der Waals surface area contributed by atoms with Crippen LogP contribution in [-0.4, -0.2) is 14.5 Å². The van der Waals surface area contributed by atoms with Crippen molar-refractivity contribution < 1.29 is 5.11 Å². The standard InChI is InChI=1S/C16H17N3O/c1-12-15(19-9-5-4-8-16(19)18-12)10-17-14-7-3-2-6-13(14)11-20/h2-9,17,20H,10-11H2,1H3. The number of benzene rings is 1. The van der Waals surface area contributed by atoms with Crippen LogP contribution in [0, 0.1) is 6.92 Å². The van der Waals surface area contributed by atoms with Crippen molar-refractivity contribution in [2.75, 3.05) is 5.32 Å². The number of hydrogen-bond donors (Lipinski definition) is 2. The molecule has 0 unspecified atom stereocenters. The first kappa shape index (κ1) is 12.7. The molecular formula is C16H17N3O. The maximum absolute atomic E-state index is 9.34. The number of para-hydroxylation sites is 1. The van der Waals surface area contributed by atoms with E-state index in [-0.39, 0.29) is 6.61 Å². The minimum Gasteiger partial charge on any atom is -0.392 e. The van der Waals surface area contributed by atoms with Crippen LogP contribution >= 0.6 is 0 Å². The van der Waals surface area contributed by atoms with Gasteiger partial charge in [0.15, 0.2) is 0 Å². The van der Waals surface area contributed by atoms with Crippen molar-refractivity contribution in [3.8, 4) is 0 Å². The zero-order chi connectivity index (χ0) is 13.9. The van der Waals surface area contributed by atoms with E-state index < -0.39 is 0 Å². The van der Waals surface area contributed by atoms with E-state index in [4.69, 9.17) is 0 Å². The van der Waals surface area contributed by atoms with Gasteiger partial charge in [0, 0.05) is 17.4 Å². The molecule has 0 amide bonds. The molecule has 0 atom stereocenters. The lowest BCUT2D eigenvalue weighted by molar-refractivity contribution is 0.282. The van der Waals surface area contributed by atoms with Crippen LogP contribution < -0.4 is 5.32 Å². The molecule has 0 spiro atoms. The van der Waals surface area contributed by atoms with Gasteiger partial charge in [-0.3, -0.25) is 0 Å². The lowest BCUT2D eigenvalue weighted by Gasteiger charge is -2.10. The van der Waals surface area contributed by atoms with Crippen LogP contribution in [-0.2, 0) is 13.2 Å². The average Bonchev–Trinajstić information content (AvgIpc) is 2.81. The first-order valence-corrected chi connectivity index (χ1v) is 6.65. The SMILES string of the molecule is Cc1nc2ccccn2c1CNc1ccccc1CO. The summed E-state index contributed by atoms with van der Waals surface area (Å²) in [6.45, 7) is 2.73. The number of aliphatic hydroxyl groups is 1. The van der Waals surface area contributed by atoms with Gasteiger partial charge in [-0.15, -0.1) is 0 Å². The third-order valence-corrected chi connectivity index (χ3v) is 3.46. The van der Waals surface area contributed by atoms with Crippen LogP contribution in [0.1, 0.15) is 17.0 Å². The lowest BCUT2D eigenvalue weighted by atomic mass is 10.2. The first-order chi connectivity index (χ1) is 9.79. The monoisotopic (exact) mass is 267 g/mol. The topological polar surface area (TPSA) is 49.6 Å². The predicted molar refractivity (Wildman–Crippen MR) is 79.6 cm³/mol. The zero-order valence-corrected chi connectivity index (χ0v) is 11.4. The number of aliphatic hydroxyl groups excluding tert-OH is 1. The summed E-state index contributed by atoms with van der Waals surface area (Å²) in [5.41, 5.74) is 4.97. The Kier molecular flexibility index (Phi) is 3.39. The van der Waals surface area contributed by atoms with Gasteiger partial charge in [-0.25, -0.2) is 4.98 Å². The molecule has 3 rings (SSSR count). The second kappa shape index (κ2) is 5.35. The Balaban J connectivity index is 1.89. The van der Waals surface area contributed by atoms with E-state index in [2.05, 4.69) is 14.7 Å². The molecule has 0 saturated carbocycles. The highest BCUT2D eigenvalue weighted by molar-refractivity contribution is 5.52. The summed E-state index contributed by atoms with van der Waals surface area (Å²) in [4.78, 5) is 4.54. The highest BCUT2D eigenvalue weighted by atomic mass is 16.3. The second-order valence-corrected chi connectivity index (χ2v) is 4.74. The van der Waals surface area contributed by atoms with Crippen LogP contribution in [0.25, 0.3) is 5.65 Å². The van der Waals surface area contributed by atoms with Gasteiger partial charge in [-0.2, -0.15) is 0 Å². The average molecular weight is 267 g/mol. The summed E-state index contributed by atoms with van der Waals surface area (Å²) in [7, 11) is 0. The van der Waals surface area contributed by atoms with Crippen LogP contribution in [0.5, 0.6) is 0 Å². The Morgan fingerprint density at radius 3 is 2.80 bits per heavy atom. The Bertz CT molecular complexity index is 733. The number of rotatable bonds is 4. The smallest absolute Gasteiger partial charge is 0.137 e. The highest BCUT2D eigenvalue weighted by Gasteiger charge is 2.08. The van der Waals surface area contributed by atoms with Gasteiger partial charge in [0.25, 0.3) is 0 Å². The van der Waals surface area contributed by atoms with Crippen molar-refractivity contribution in [1.82, 2.24) is 9.38 Å². The van der Waals surface area contributed by atoms with Gasteiger partial charge >= 0.3 is 0 Å². The fourth-order valence-corrected chi connectivity index (χ4v) is 2.39. The summed E-state index contributed by atoms with van der Waals surface area (Å²) < 4.78 is 2.09. The Labute approximate surface area is 117 Å². The summed E-state index contributed by atoms with van der Waals surface area (Å²) in [5, 5.41) is 12.7. The normalized spacial score (nSPS) is 10.9. The van der Waals surface area contributed by atoms with E-state index in [1.54, 1.807) is 0 Å². The van der Waals surface area contributed by atoms with E-state index in [1.165, 1.54) is 0 Å². The first-order valence-electron chi connectivity index (χ1n) is 6.65. The molecule has 0 bridgehead atoms. The Morgan fingerprint density at radius 2 is 1.95 bits per heavy atom. The maximum atomic E-state index is 9.34. The molecule has 0 fully saturated rings. The molecule has 0 saturated heterocycles. The number of hydrogen-bond acceptors (Lipinski definition) is 3. The molecule has 2 N–H and O–H groups in total. The van der Waals surface area contributed by atoms with Gasteiger partial charge in [-0.1, -0.05) is 24.3 Å². The van der Waals surface area contributed by atoms with Gasteiger partial charge in [0.1, 0.15) is 5.65 Å². The van der Waals surface area contributed by atoms with Crippen LogP contribution in [0.3, 0.4) is 0 Å². The largest absolute Gasteiger partial charge is 0.392 e. The van der Waals surface area contributed by atoms with E-state index in [1.807, 2.05) is 55.6 Å². The second-order valence-electron chi connectivity index (χ2n) is 4.74. The molecule has 0 radical (unpaired) electrons. The van der Waals surface area contributed by atoms with Crippen LogP contribution in [0.15, 0.2) is 48.7 Å². The molecule has 4 heteroatoms. The summed E-state index contributed by atoms with van der Waals surface area (Å²) in [5.74, 6) is 0. The molecule has 0 aliphatic heterocycles. The number of anilines is 1. The van der Waals surface area contributed by atoms with Crippen molar-refractivity contribution in [1.29, 1.82) is 0 Å². The van der Waals surface area contributed by atoms with Crippen molar-refractivity contribution in [2.24, 2.45) is 0 Å². The van der Waals surface area contributed by atoms with Crippen LogP contribution in [0.2, 0.25) is 0 Å². The third-order valence-electron chi connectivity index (χ3n) is 3.46. The van der Waals surface area contributed by atoms with Gasteiger partial charge in [-0.05, 0) is 25.1 Å². The van der Waals surface area contributed by atoms with Crippen molar-refractivity contribution in [2.45, 2.75) is 20.1 Å². The predicted octanol–water partition coefficient (Wildman–Crippen LogP) is 2.75. The maximum Gasteiger partial charge on any atom is 0.137 e. The number of fused-ring (bicyclic) bond motifs is 1. The molecule has 3 aromatic rings. The number of pyridine rings is 1. The lowest BCUT2D eigenvalue weighted by Crippen LogP contribution is -2.06. The van der Waals surface area contributed by atoms with Crippen molar-refractivity contribution in [3.63, 3.8) is 0 Å². The molecule has 1 aromatic carbocycles. The molecule has 0 aliphatic carbocycles. The van der Waals surface area contributed by atoms with Crippen molar-refractivity contribution >= 4 is 11.3 Å². The quantitative estimate of drug-likeness (QED) is 0.764. The fraction of sp³-hybridized carbons (Fsp3) is 0.188. The molecule has 2 aromatic heterocycles. The minimum atomic E-state index is 0.0370. The van der Waals surface area contributed by atoms with Gasteiger partial charge in [0.2, 0.25) is 0 Å². The van der Waals surface area contributed by atoms with E-state index in [9.17, 15) is 5.11 Å². The number of nitrogens with zero attached hydrogens (tertiary/aromatic N) is 2. The molecule has 20 heavy (non-hydrogen) atoms. The minimum absolute atomic E-state index is 0.0370. The number of aromatic nitrogens is 2. The zero-order valence-electron chi connectivity index (χ0n) is 11.4. The Morgan fingerprint density at radius 1 is 1.15 bits per heavy atom. The summed E-state index contributed by atoms with van der Waals surface area (Å²) in [6.07, 6.45) is 2.02. The molecule has 0 aliphatic rings. The molecule has 2 heterocycles. The molecular weight excluding hydrogens is 250 g/mol. The fourth-order valence-electron chi connectivity index (χ4n) is 2.39. The number of nitrogens with one attached hydrogen (secondary N) is 1. The van der Waals surface area contributed by atoms with Gasteiger partial charge < -0.3 is 14.8 Å². The number of imidazole rings is 1. The number of aryl methyl sites for hydroxylation is 1. The molecule has 102 valence electrons. The third kappa shape index (κ3) is 2.26. The van der Waals surface area contributed by atoms with Gasteiger partial charge in [0.05, 0.1) is 24.5 Å². The van der Waals surface area contributed by atoms with Crippen LogP contribution in [0.4, 0.5) is 5.69 Å². The Hall–Kier alpha value is -2.33. The summed E-state index contributed by atoms with van der Waals surface area (Å²) >= 11 is 0. The van der Waals surface area contributed by atoms with Crippen molar-refractivity contribution in [3.05, 3.63) is 65.6 Å². The summed E-state index contributed by atoms with van der Waals surface area (Å²) in [6, 6.07) is 13.8. The van der Waals surface area contributed by atoms with E-state index in [0.29, 0.717) is 6.54 Å².